The number of hydrogen-bond donors (Lipinski definition) is 3. The number of rotatable bonds is 4. The number of aromatic hydroxyl groups is 1. The molecule has 7 heteroatoms. The highest BCUT2D eigenvalue weighted by Gasteiger charge is 2.44. The van der Waals surface area contributed by atoms with E-state index in [0.29, 0.717) is 23.6 Å². The molecule has 0 unspecified atom stereocenters. The van der Waals surface area contributed by atoms with E-state index in [1.165, 1.54) is 0 Å². The molecule has 0 bridgehead atoms. The third-order valence-electron chi connectivity index (χ3n) is 5.89. The first kappa shape index (κ1) is 19.8. The molecule has 0 saturated carbocycles. The van der Waals surface area contributed by atoms with Crippen LogP contribution >= 0.6 is 0 Å². The van der Waals surface area contributed by atoms with E-state index in [2.05, 4.69) is 15.3 Å². The molecule has 2 heterocycles. The molecule has 0 spiro atoms. The fourth-order valence-electron chi connectivity index (χ4n) is 4.10. The lowest BCUT2D eigenvalue weighted by Crippen LogP contribution is -2.35. The third-order valence-corrected chi connectivity index (χ3v) is 5.89. The molecule has 0 atom stereocenters. The lowest BCUT2D eigenvalue weighted by atomic mass is 9.86. The molecular weight excluding hydrogens is 404 g/mol. The topological polar surface area (TPSA) is 98.3 Å². The number of aromatic amines is 1. The van der Waals surface area contributed by atoms with Crippen LogP contribution in [0.15, 0.2) is 66.7 Å². The minimum atomic E-state index is -0.695. The largest absolute Gasteiger partial charge is 0.508 e. The number of benzene rings is 3. The van der Waals surface area contributed by atoms with Crippen LogP contribution in [0.1, 0.15) is 35.3 Å². The number of nitrogens with zero attached hydrogens (tertiary/aromatic N) is 2. The van der Waals surface area contributed by atoms with Gasteiger partial charge >= 0.3 is 0 Å². The summed E-state index contributed by atoms with van der Waals surface area (Å²) in [5, 5.41) is 12.3. The number of carbonyl (C=O) groups is 2. The standard InChI is InChI=1S/C25H22N4O3/c1-25(2)18-12-19-20(27-24(26-19)28-22(31)16-6-4-3-5-7-16)13-21(18)29(23(25)32)14-15-8-10-17(30)11-9-15/h3-13,30H,14H2,1-2H3,(H2,26,27,28,31). The first-order valence-electron chi connectivity index (χ1n) is 10.3. The Balaban J connectivity index is 1.49. The van der Waals surface area contributed by atoms with Crippen LogP contribution in [0.2, 0.25) is 0 Å². The maximum absolute atomic E-state index is 13.2. The number of phenols is 1. The van der Waals surface area contributed by atoms with Crippen molar-refractivity contribution in [1.29, 1.82) is 0 Å². The van der Waals surface area contributed by atoms with Gasteiger partial charge in [-0.3, -0.25) is 14.9 Å². The van der Waals surface area contributed by atoms with E-state index in [1.54, 1.807) is 53.4 Å². The van der Waals surface area contributed by atoms with Gasteiger partial charge in [-0.1, -0.05) is 30.3 Å². The van der Waals surface area contributed by atoms with Crippen LogP contribution in [0.4, 0.5) is 11.6 Å². The van der Waals surface area contributed by atoms with Crippen LogP contribution in [0, 0.1) is 0 Å². The minimum absolute atomic E-state index is 0.00540. The Bertz CT molecular complexity index is 1340. The van der Waals surface area contributed by atoms with Gasteiger partial charge in [-0.05, 0) is 61.4 Å². The van der Waals surface area contributed by atoms with Gasteiger partial charge in [0, 0.05) is 5.56 Å². The van der Waals surface area contributed by atoms with Crippen LogP contribution in [0.3, 0.4) is 0 Å². The Kier molecular flexibility index (Phi) is 4.48. The second-order valence-corrected chi connectivity index (χ2v) is 8.47. The smallest absolute Gasteiger partial charge is 0.257 e. The van der Waals surface area contributed by atoms with Gasteiger partial charge in [-0.25, -0.2) is 4.98 Å². The van der Waals surface area contributed by atoms with Gasteiger partial charge in [0.2, 0.25) is 11.9 Å². The molecule has 0 saturated heterocycles. The van der Waals surface area contributed by atoms with Crippen molar-refractivity contribution in [1.82, 2.24) is 9.97 Å². The fraction of sp³-hybridized carbons (Fsp3) is 0.160. The van der Waals surface area contributed by atoms with Gasteiger partial charge in [-0.2, -0.15) is 0 Å². The average molecular weight is 426 g/mol. The maximum Gasteiger partial charge on any atom is 0.257 e. The summed E-state index contributed by atoms with van der Waals surface area (Å²) in [5.41, 5.74) is 3.87. The molecular formula is C25H22N4O3. The molecule has 0 radical (unpaired) electrons. The zero-order chi connectivity index (χ0) is 22.5. The molecule has 32 heavy (non-hydrogen) atoms. The second-order valence-electron chi connectivity index (χ2n) is 8.47. The van der Waals surface area contributed by atoms with Gasteiger partial charge in [0.1, 0.15) is 5.75 Å². The van der Waals surface area contributed by atoms with Crippen molar-refractivity contribution < 1.29 is 14.7 Å². The summed E-state index contributed by atoms with van der Waals surface area (Å²) in [6.07, 6.45) is 0. The van der Waals surface area contributed by atoms with E-state index in [9.17, 15) is 14.7 Å². The summed E-state index contributed by atoms with van der Waals surface area (Å²) in [6, 6.07) is 19.6. The summed E-state index contributed by atoms with van der Waals surface area (Å²) >= 11 is 0. The Morgan fingerprint density at radius 1 is 1.09 bits per heavy atom. The molecule has 3 N–H and O–H groups in total. The fourth-order valence-corrected chi connectivity index (χ4v) is 4.10. The van der Waals surface area contributed by atoms with Crippen LogP contribution < -0.4 is 10.2 Å². The first-order valence-corrected chi connectivity index (χ1v) is 10.3. The number of phenolic OH excluding ortho intramolecular Hbond substituents is 1. The van der Waals surface area contributed by atoms with Crippen molar-refractivity contribution in [2.45, 2.75) is 25.8 Å². The van der Waals surface area contributed by atoms with Crippen molar-refractivity contribution in [3.05, 3.63) is 83.4 Å². The number of anilines is 2. The van der Waals surface area contributed by atoms with E-state index < -0.39 is 5.41 Å². The number of amides is 2. The number of H-pyrrole nitrogens is 1. The lowest BCUT2D eigenvalue weighted by Gasteiger charge is -2.20. The maximum atomic E-state index is 13.2. The first-order chi connectivity index (χ1) is 15.3. The summed E-state index contributed by atoms with van der Waals surface area (Å²) < 4.78 is 0. The van der Waals surface area contributed by atoms with E-state index in [4.69, 9.17) is 0 Å². The number of carbonyl (C=O) groups excluding carboxylic acids is 2. The summed E-state index contributed by atoms with van der Waals surface area (Å²) in [5.74, 6) is 0.296. The highest BCUT2D eigenvalue weighted by atomic mass is 16.3. The Morgan fingerprint density at radius 3 is 2.53 bits per heavy atom. The van der Waals surface area contributed by atoms with E-state index in [-0.39, 0.29) is 17.6 Å². The number of imidazole rings is 1. The van der Waals surface area contributed by atoms with Crippen molar-refractivity contribution in [2.75, 3.05) is 10.2 Å². The summed E-state index contributed by atoms with van der Waals surface area (Å²) in [6.45, 7) is 4.21. The number of fused-ring (bicyclic) bond motifs is 2. The van der Waals surface area contributed by atoms with Crippen molar-refractivity contribution >= 4 is 34.5 Å². The molecule has 0 aliphatic carbocycles. The van der Waals surface area contributed by atoms with Gasteiger partial charge in [0.05, 0.1) is 28.7 Å². The zero-order valence-corrected chi connectivity index (χ0v) is 17.7. The van der Waals surface area contributed by atoms with Crippen LogP contribution in [-0.2, 0) is 16.8 Å². The van der Waals surface area contributed by atoms with Gasteiger partial charge in [0.25, 0.3) is 5.91 Å². The van der Waals surface area contributed by atoms with Gasteiger partial charge in [-0.15, -0.1) is 0 Å². The van der Waals surface area contributed by atoms with E-state index in [0.717, 1.165) is 22.3 Å². The van der Waals surface area contributed by atoms with Crippen molar-refractivity contribution in [3.63, 3.8) is 0 Å². The van der Waals surface area contributed by atoms with E-state index >= 15 is 0 Å². The van der Waals surface area contributed by atoms with Crippen molar-refractivity contribution in [2.24, 2.45) is 0 Å². The van der Waals surface area contributed by atoms with Crippen LogP contribution in [-0.4, -0.2) is 26.9 Å². The number of aromatic nitrogens is 2. The molecule has 0 fully saturated rings. The summed E-state index contributed by atoms with van der Waals surface area (Å²) in [4.78, 5) is 35.1. The quantitative estimate of drug-likeness (QED) is 0.452. The molecule has 3 aromatic carbocycles. The molecule has 5 rings (SSSR count). The van der Waals surface area contributed by atoms with Gasteiger partial charge < -0.3 is 15.0 Å². The predicted molar refractivity (Wildman–Crippen MR) is 123 cm³/mol. The predicted octanol–water partition coefficient (Wildman–Crippen LogP) is 4.35. The average Bonchev–Trinajstić information content (AvgIpc) is 3.26. The Morgan fingerprint density at radius 2 is 1.81 bits per heavy atom. The van der Waals surface area contributed by atoms with Gasteiger partial charge in [0.15, 0.2) is 0 Å². The number of nitrogens with one attached hydrogen (secondary N) is 2. The minimum Gasteiger partial charge on any atom is -0.508 e. The van der Waals surface area contributed by atoms with Crippen LogP contribution in [0.5, 0.6) is 5.75 Å². The lowest BCUT2D eigenvalue weighted by molar-refractivity contribution is -0.122. The highest BCUT2D eigenvalue weighted by Crippen LogP contribution is 2.44. The molecule has 160 valence electrons. The molecule has 4 aromatic rings. The molecule has 1 aliphatic rings. The molecule has 2 amide bonds. The summed E-state index contributed by atoms with van der Waals surface area (Å²) in [7, 11) is 0. The normalized spacial score (nSPS) is 14.6. The Hall–Kier alpha value is -4.13. The highest BCUT2D eigenvalue weighted by molar-refractivity contribution is 6.10. The van der Waals surface area contributed by atoms with Crippen LogP contribution in [0.25, 0.3) is 11.0 Å². The van der Waals surface area contributed by atoms with E-state index in [1.807, 2.05) is 32.0 Å². The number of hydrogen-bond acceptors (Lipinski definition) is 4. The third kappa shape index (κ3) is 3.28. The molecule has 7 nitrogen and oxygen atoms in total. The Labute approximate surface area is 184 Å². The molecule has 1 aromatic heterocycles. The van der Waals surface area contributed by atoms with Crippen molar-refractivity contribution in [3.8, 4) is 5.75 Å². The molecule has 1 aliphatic heterocycles. The monoisotopic (exact) mass is 426 g/mol. The second kappa shape index (κ2) is 7.23. The zero-order valence-electron chi connectivity index (χ0n) is 17.7. The SMILES string of the molecule is CC1(C)C(=O)N(Cc2ccc(O)cc2)c2cc3nc(NC(=O)c4ccccc4)[nH]c3cc21.